The second kappa shape index (κ2) is 4.85. The zero-order valence-corrected chi connectivity index (χ0v) is 7.82. The van der Waals surface area contributed by atoms with Gasteiger partial charge >= 0.3 is 12.1 Å². The van der Waals surface area contributed by atoms with E-state index in [4.69, 9.17) is 0 Å². The fourth-order valence-corrected chi connectivity index (χ4v) is 0.961. The van der Waals surface area contributed by atoms with Crippen LogP contribution in [-0.2, 0) is 4.79 Å². The number of aliphatic imine (C=N–C) groups is 1. The molecule has 86 valence electrons. The highest BCUT2D eigenvalue weighted by atomic mass is 19.4. The standard InChI is InChI=1S/C7H11F3N4O/c8-7(9,10)5(15)13-14-6-11-3-1-2-4-12-6/h1-4H2,(H,13,15)(H2,11,12,14). The fourth-order valence-electron chi connectivity index (χ4n) is 0.961. The van der Waals surface area contributed by atoms with Crippen molar-refractivity contribution >= 4 is 11.9 Å². The summed E-state index contributed by atoms with van der Waals surface area (Å²) in [7, 11) is 0. The van der Waals surface area contributed by atoms with Gasteiger partial charge in [-0.15, -0.1) is 0 Å². The van der Waals surface area contributed by atoms with E-state index < -0.39 is 12.1 Å². The van der Waals surface area contributed by atoms with Crippen LogP contribution in [0.3, 0.4) is 0 Å². The molecule has 0 aromatic heterocycles. The first-order valence-electron chi connectivity index (χ1n) is 4.41. The number of hydrogen-bond donors (Lipinski definition) is 3. The number of guanidine groups is 1. The van der Waals surface area contributed by atoms with Crippen molar-refractivity contribution in [1.29, 1.82) is 0 Å². The number of amides is 1. The molecule has 0 saturated heterocycles. The number of hydrogen-bond acceptors (Lipinski definition) is 4. The maximum Gasteiger partial charge on any atom is 0.472 e. The van der Waals surface area contributed by atoms with Gasteiger partial charge in [-0.25, -0.2) is 0 Å². The van der Waals surface area contributed by atoms with Crippen molar-refractivity contribution in [1.82, 2.24) is 16.2 Å². The van der Waals surface area contributed by atoms with Crippen LogP contribution in [-0.4, -0.2) is 31.1 Å². The Morgan fingerprint density at radius 1 is 1.40 bits per heavy atom. The molecule has 0 unspecified atom stereocenters. The van der Waals surface area contributed by atoms with Gasteiger partial charge in [-0.2, -0.15) is 13.2 Å². The molecule has 15 heavy (non-hydrogen) atoms. The van der Waals surface area contributed by atoms with Gasteiger partial charge in [-0.1, -0.05) is 0 Å². The average Bonchev–Trinajstić information content (AvgIpc) is 2.40. The molecule has 0 saturated carbocycles. The van der Waals surface area contributed by atoms with E-state index in [0.717, 1.165) is 12.8 Å². The monoisotopic (exact) mass is 224 g/mol. The minimum absolute atomic E-state index is 0.157. The Kier molecular flexibility index (Phi) is 3.75. The molecule has 8 heteroatoms. The topological polar surface area (TPSA) is 65.5 Å². The number of carbonyl (C=O) groups is 1. The Morgan fingerprint density at radius 2 is 2.13 bits per heavy atom. The van der Waals surface area contributed by atoms with Crippen LogP contribution in [0, 0.1) is 0 Å². The van der Waals surface area contributed by atoms with E-state index in [1.165, 1.54) is 5.43 Å². The highest BCUT2D eigenvalue weighted by Gasteiger charge is 2.38. The van der Waals surface area contributed by atoms with Crippen molar-refractivity contribution in [3.05, 3.63) is 0 Å². The number of alkyl halides is 3. The molecular weight excluding hydrogens is 213 g/mol. The molecule has 0 bridgehead atoms. The minimum atomic E-state index is -4.89. The van der Waals surface area contributed by atoms with Crippen LogP contribution in [0.25, 0.3) is 0 Å². The second-order valence-corrected chi connectivity index (χ2v) is 2.94. The first-order chi connectivity index (χ1) is 7.00. The van der Waals surface area contributed by atoms with E-state index in [1.807, 2.05) is 0 Å². The Morgan fingerprint density at radius 3 is 2.80 bits per heavy atom. The molecule has 1 aliphatic heterocycles. The van der Waals surface area contributed by atoms with E-state index >= 15 is 0 Å². The zero-order chi connectivity index (χ0) is 11.3. The predicted octanol–water partition coefficient (Wildman–Crippen LogP) is -0.0911. The van der Waals surface area contributed by atoms with Crippen molar-refractivity contribution in [3.63, 3.8) is 0 Å². The van der Waals surface area contributed by atoms with Crippen LogP contribution in [0.5, 0.6) is 0 Å². The lowest BCUT2D eigenvalue weighted by Gasteiger charge is -2.12. The second-order valence-electron chi connectivity index (χ2n) is 2.94. The molecule has 0 aliphatic carbocycles. The van der Waals surface area contributed by atoms with Crippen LogP contribution in [0.1, 0.15) is 12.8 Å². The number of nitrogens with zero attached hydrogens (tertiary/aromatic N) is 1. The predicted molar refractivity (Wildman–Crippen MR) is 46.9 cm³/mol. The molecule has 0 radical (unpaired) electrons. The number of carbonyl (C=O) groups excluding carboxylic acids is 1. The SMILES string of the molecule is O=C(NNC1=NCCCCN1)C(F)(F)F. The van der Waals surface area contributed by atoms with E-state index in [2.05, 4.69) is 15.7 Å². The third-order valence-electron chi connectivity index (χ3n) is 1.70. The lowest BCUT2D eigenvalue weighted by Crippen LogP contribution is -2.51. The largest absolute Gasteiger partial charge is 0.472 e. The Bertz CT molecular complexity index is 263. The molecular formula is C7H11F3N4O. The smallest absolute Gasteiger partial charge is 0.355 e. The van der Waals surface area contributed by atoms with E-state index in [1.54, 1.807) is 0 Å². The molecule has 0 fully saturated rings. The molecule has 0 aromatic carbocycles. The molecule has 1 heterocycles. The van der Waals surface area contributed by atoms with Crippen LogP contribution in [0.15, 0.2) is 4.99 Å². The minimum Gasteiger partial charge on any atom is -0.355 e. The lowest BCUT2D eigenvalue weighted by atomic mass is 10.3. The molecule has 0 atom stereocenters. The third-order valence-corrected chi connectivity index (χ3v) is 1.70. The maximum atomic E-state index is 11.8. The molecule has 1 rings (SSSR count). The lowest BCUT2D eigenvalue weighted by molar-refractivity contribution is -0.174. The summed E-state index contributed by atoms with van der Waals surface area (Å²) in [6.07, 6.45) is -3.13. The summed E-state index contributed by atoms with van der Waals surface area (Å²) in [5.74, 6) is -1.89. The molecule has 1 aliphatic rings. The first-order valence-corrected chi connectivity index (χ1v) is 4.41. The van der Waals surface area contributed by atoms with Crippen LogP contribution in [0.2, 0.25) is 0 Å². The number of rotatable bonds is 0. The van der Waals surface area contributed by atoms with Crippen molar-refractivity contribution < 1.29 is 18.0 Å². The van der Waals surface area contributed by atoms with Gasteiger partial charge in [-0.05, 0) is 12.8 Å². The average molecular weight is 224 g/mol. The third kappa shape index (κ3) is 4.05. The Hall–Kier alpha value is -1.47. The fraction of sp³-hybridized carbons (Fsp3) is 0.714. The number of halogens is 3. The molecule has 0 spiro atoms. The van der Waals surface area contributed by atoms with Gasteiger partial charge in [0.1, 0.15) is 0 Å². The first kappa shape index (κ1) is 11.6. The van der Waals surface area contributed by atoms with E-state index in [-0.39, 0.29) is 5.96 Å². The Labute approximate surface area is 84.1 Å². The van der Waals surface area contributed by atoms with E-state index in [9.17, 15) is 18.0 Å². The summed E-state index contributed by atoms with van der Waals surface area (Å²) in [5.41, 5.74) is 3.60. The molecule has 5 nitrogen and oxygen atoms in total. The Balaban J connectivity index is 2.36. The van der Waals surface area contributed by atoms with Crippen molar-refractivity contribution in [2.24, 2.45) is 4.99 Å². The van der Waals surface area contributed by atoms with Crippen LogP contribution >= 0.6 is 0 Å². The summed E-state index contributed by atoms with van der Waals surface area (Å²) in [4.78, 5) is 14.3. The summed E-state index contributed by atoms with van der Waals surface area (Å²) in [6.45, 7) is 1.14. The molecule has 1 amide bonds. The van der Waals surface area contributed by atoms with Crippen molar-refractivity contribution in [2.75, 3.05) is 13.1 Å². The van der Waals surface area contributed by atoms with Gasteiger partial charge in [0.05, 0.1) is 0 Å². The van der Waals surface area contributed by atoms with E-state index in [0.29, 0.717) is 13.1 Å². The summed E-state index contributed by atoms with van der Waals surface area (Å²) >= 11 is 0. The quantitative estimate of drug-likeness (QED) is 0.504. The summed E-state index contributed by atoms with van der Waals surface area (Å²) in [6, 6.07) is 0. The molecule has 0 aromatic rings. The van der Waals surface area contributed by atoms with Gasteiger partial charge < -0.3 is 5.32 Å². The van der Waals surface area contributed by atoms with Gasteiger partial charge in [-0.3, -0.25) is 20.6 Å². The van der Waals surface area contributed by atoms with Crippen LogP contribution < -0.4 is 16.2 Å². The van der Waals surface area contributed by atoms with Gasteiger partial charge in [0, 0.05) is 13.1 Å². The van der Waals surface area contributed by atoms with Crippen LogP contribution in [0.4, 0.5) is 13.2 Å². The van der Waals surface area contributed by atoms with Crippen molar-refractivity contribution in [2.45, 2.75) is 19.0 Å². The molecule has 3 N–H and O–H groups in total. The van der Waals surface area contributed by atoms with Crippen molar-refractivity contribution in [3.8, 4) is 0 Å². The van der Waals surface area contributed by atoms with Gasteiger partial charge in [0.2, 0.25) is 5.96 Å². The number of nitrogens with one attached hydrogen (secondary N) is 3. The van der Waals surface area contributed by atoms with Gasteiger partial charge in [0.25, 0.3) is 0 Å². The van der Waals surface area contributed by atoms with Gasteiger partial charge in [0.15, 0.2) is 0 Å². The zero-order valence-electron chi connectivity index (χ0n) is 7.82. The highest BCUT2D eigenvalue weighted by molar-refractivity contribution is 5.86. The maximum absolute atomic E-state index is 11.8. The highest BCUT2D eigenvalue weighted by Crippen LogP contribution is 2.13. The normalized spacial score (nSPS) is 17.1. The summed E-state index contributed by atoms with van der Waals surface area (Å²) in [5, 5.41) is 2.75. The number of hydrazine groups is 1. The summed E-state index contributed by atoms with van der Waals surface area (Å²) < 4.78 is 35.3.